The SMILES string of the molecule is CC(NCCCS(C)(=O)=O)c1ccc(F)cc1. The third-order valence-corrected chi connectivity index (χ3v) is 3.54. The summed E-state index contributed by atoms with van der Waals surface area (Å²) in [6.07, 6.45) is 1.82. The standard InChI is InChI=1S/C12H18FNO2S/c1-10(11-4-6-12(13)7-5-11)14-8-3-9-17(2,15)16/h4-7,10,14H,3,8-9H2,1-2H3. The number of hydrogen-bond acceptors (Lipinski definition) is 3. The maximum atomic E-state index is 12.7. The summed E-state index contributed by atoms with van der Waals surface area (Å²) in [4.78, 5) is 0. The normalized spacial score (nSPS) is 13.6. The van der Waals surface area contributed by atoms with Gasteiger partial charge in [0, 0.05) is 12.3 Å². The van der Waals surface area contributed by atoms with Gasteiger partial charge < -0.3 is 5.32 Å². The van der Waals surface area contributed by atoms with E-state index in [4.69, 9.17) is 0 Å². The van der Waals surface area contributed by atoms with Crippen molar-refractivity contribution in [1.29, 1.82) is 0 Å². The maximum absolute atomic E-state index is 12.7. The monoisotopic (exact) mass is 259 g/mol. The van der Waals surface area contributed by atoms with E-state index in [9.17, 15) is 12.8 Å². The summed E-state index contributed by atoms with van der Waals surface area (Å²) in [5, 5.41) is 3.20. The van der Waals surface area contributed by atoms with Gasteiger partial charge in [0.05, 0.1) is 5.75 Å². The molecule has 0 radical (unpaired) electrons. The highest BCUT2D eigenvalue weighted by atomic mass is 32.2. The van der Waals surface area contributed by atoms with E-state index in [2.05, 4.69) is 5.32 Å². The Bertz CT molecular complexity index is 442. The number of benzene rings is 1. The van der Waals surface area contributed by atoms with E-state index in [-0.39, 0.29) is 17.6 Å². The molecule has 0 amide bonds. The molecule has 1 aromatic carbocycles. The summed E-state index contributed by atoms with van der Waals surface area (Å²) < 4.78 is 34.5. The average Bonchev–Trinajstić information content (AvgIpc) is 2.24. The lowest BCUT2D eigenvalue weighted by Gasteiger charge is -2.13. The number of sulfone groups is 1. The second-order valence-electron chi connectivity index (χ2n) is 4.21. The number of halogens is 1. The fourth-order valence-corrected chi connectivity index (χ4v) is 2.19. The number of nitrogens with one attached hydrogen (secondary N) is 1. The molecule has 1 unspecified atom stereocenters. The Labute approximate surface area is 102 Å². The van der Waals surface area contributed by atoms with Crippen LogP contribution in [-0.2, 0) is 9.84 Å². The third-order valence-electron chi connectivity index (χ3n) is 2.51. The first-order chi connectivity index (χ1) is 7.88. The Morgan fingerprint density at radius 1 is 1.29 bits per heavy atom. The minimum absolute atomic E-state index is 0.0927. The highest BCUT2D eigenvalue weighted by Gasteiger charge is 2.06. The second-order valence-corrected chi connectivity index (χ2v) is 6.47. The van der Waals surface area contributed by atoms with Crippen molar-refractivity contribution in [2.45, 2.75) is 19.4 Å². The molecule has 1 rings (SSSR count). The van der Waals surface area contributed by atoms with Crippen molar-refractivity contribution < 1.29 is 12.8 Å². The molecule has 0 aliphatic rings. The van der Waals surface area contributed by atoms with Crippen molar-refractivity contribution in [3.8, 4) is 0 Å². The van der Waals surface area contributed by atoms with Crippen LogP contribution < -0.4 is 5.32 Å². The van der Waals surface area contributed by atoms with Crippen molar-refractivity contribution in [3.63, 3.8) is 0 Å². The molecule has 0 aromatic heterocycles. The topological polar surface area (TPSA) is 46.2 Å². The predicted molar refractivity (Wildman–Crippen MR) is 67.1 cm³/mol. The van der Waals surface area contributed by atoms with Crippen molar-refractivity contribution >= 4 is 9.84 Å². The van der Waals surface area contributed by atoms with E-state index in [0.29, 0.717) is 13.0 Å². The van der Waals surface area contributed by atoms with E-state index >= 15 is 0 Å². The molecule has 0 fully saturated rings. The second kappa shape index (κ2) is 6.12. The Morgan fingerprint density at radius 3 is 2.41 bits per heavy atom. The molecule has 3 nitrogen and oxygen atoms in total. The van der Waals surface area contributed by atoms with Gasteiger partial charge in [-0.2, -0.15) is 0 Å². The van der Waals surface area contributed by atoms with Gasteiger partial charge in [-0.05, 0) is 37.6 Å². The van der Waals surface area contributed by atoms with Crippen LogP contribution in [0.3, 0.4) is 0 Å². The van der Waals surface area contributed by atoms with Crippen LogP contribution in [0.4, 0.5) is 4.39 Å². The van der Waals surface area contributed by atoms with Gasteiger partial charge in [-0.1, -0.05) is 12.1 Å². The highest BCUT2D eigenvalue weighted by Crippen LogP contribution is 2.12. The number of hydrogen-bond donors (Lipinski definition) is 1. The van der Waals surface area contributed by atoms with Crippen molar-refractivity contribution in [2.75, 3.05) is 18.6 Å². The lowest BCUT2D eigenvalue weighted by Crippen LogP contribution is -2.21. The lowest BCUT2D eigenvalue weighted by molar-refractivity contribution is 0.560. The van der Waals surface area contributed by atoms with Crippen LogP contribution in [0, 0.1) is 5.82 Å². The number of rotatable bonds is 6. The largest absolute Gasteiger partial charge is 0.310 e. The first-order valence-corrected chi connectivity index (χ1v) is 7.61. The Balaban J connectivity index is 2.35. The summed E-state index contributed by atoms with van der Waals surface area (Å²) in [5.74, 6) is -0.0612. The molecule has 0 spiro atoms. The van der Waals surface area contributed by atoms with Crippen LogP contribution in [0.2, 0.25) is 0 Å². The Hall–Kier alpha value is -0.940. The molecule has 0 saturated carbocycles. The first kappa shape index (κ1) is 14.1. The lowest BCUT2D eigenvalue weighted by atomic mass is 10.1. The Kier molecular flexibility index (Phi) is 5.08. The van der Waals surface area contributed by atoms with Gasteiger partial charge in [0.15, 0.2) is 0 Å². The highest BCUT2D eigenvalue weighted by molar-refractivity contribution is 7.90. The summed E-state index contributed by atoms with van der Waals surface area (Å²) >= 11 is 0. The third kappa shape index (κ3) is 5.79. The van der Waals surface area contributed by atoms with Gasteiger partial charge in [0.1, 0.15) is 15.7 Å². The molecular weight excluding hydrogens is 241 g/mol. The van der Waals surface area contributed by atoms with Crippen molar-refractivity contribution in [2.24, 2.45) is 0 Å². The van der Waals surface area contributed by atoms with E-state index < -0.39 is 9.84 Å². The fraction of sp³-hybridized carbons (Fsp3) is 0.500. The molecule has 0 heterocycles. The van der Waals surface area contributed by atoms with Gasteiger partial charge >= 0.3 is 0 Å². The zero-order valence-corrected chi connectivity index (χ0v) is 10.9. The summed E-state index contributed by atoms with van der Waals surface area (Å²) in [5.41, 5.74) is 0.991. The fourth-order valence-electron chi connectivity index (χ4n) is 1.52. The first-order valence-electron chi connectivity index (χ1n) is 5.55. The van der Waals surface area contributed by atoms with Crippen molar-refractivity contribution in [1.82, 2.24) is 5.32 Å². The molecule has 0 aliphatic carbocycles. The zero-order valence-electron chi connectivity index (χ0n) is 10.1. The summed E-state index contributed by atoms with van der Waals surface area (Å²) in [7, 11) is -2.88. The van der Waals surface area contributed by atoms with Crippen LogP contribution in [0.25, 0.3) is 0 Å². The van der Waals surface area contributed by atoms with E-state index in [0.717, 1.165) is 5.56 Å². The minimum Gasteiger partial charge on any atom is -0.310 e. The van der Waals surface area contributed by atoms with Gasteiger partial charge in [0.25, 0.3) is 0 Å². The maximum Gasteiger partial charge on any atom is 0.147 e. The van der Waals surface area contributed by atoms with Crippen LogP contribution in [-0.4, -0.2) is 27.0 Å². The van der Waals surface area contributed by atoms with Crippen LogP contribution >= 0.6 is 0 Å². The molecule has 1 aromatic rings. The summed E-state index contributed by atoms with van der Waals surface area (Å²) in [6, 6.07) is 6.39. The van der Waals surface area contributed by atoms with E-state index in [1.54, 1.807) is 12.1 Å². The quantitative estimate of drug-likeness (QED) is 0.794. The Morgan fingerprint density at radius 2 is 1.88 bits per heavy atom. The summed E-state index contributed by atoms with van der Waals surface area (Å²) in [6.45, 7) is 2.60. The molecule has 0 bridgehead atoms. The molecule has 1 atom stereocenters. The molecule has 96 valence electrons. The molecule has 0 aliphatic heterocycles. The van der Waals surface area contributed by atoms with E-state index in [1.165, 1.54) is 18.4 Å². The van der Waals surface area contributed by atoms with E-state index in [1.807, 2.05) is 6.92 Å². The van der Waals surface area contributed by atoms with Crippen LogP contribution in [0.15, 0.2) is 24.3 Å². The molecule has 0 saturated heterocycles. The van der Waals surface area contributed by atoms with Gasteiger partial charge in [0.2, 0.25) is 0 Å². The van der Waals surface area contributed by atoms with Crippen LogP contribution in [0.5, 0.6) is 0 Å². The van der Waals surface area contributed by atoms with Gasteiger partial charge in [-0.15, -0.1) is 0 Å². The minimum atomic E-state index is -2.88. The molecular formula is C12H18FNO2S. The van der Waals surface area contributed by atoms with Crippen LogP contribution in [0.1, 0.15) is 24.9 Å². The molecule has 5 heteroatoms. The van der Waals surface area contributed by atoms with Gasteiger partial charge in [-0.25, -0.2) is 12.8 Å². The smallest absolute Gasteiger partial charge is 0.147 e. The van der Waals surface area contributed by atoms with Crippen molar-refractivity contribution in [3.05, 3.63) is 35.6 Å². The van der Waals surface area contributed by atoms with Gasteiger partial charge in [-0.3, -0.25) is 0 Å². The predicted octanol–water partition coefficient (Wildman–Crippen LogP) is 1.91. The molecule has 17 heavy (non-hydrogen) atoms. The zero-order chi connectivity index (χ0) is 12.9. The average molecular weight is 259 g/mol. The molecule has 1 N–H and O–H groups in total.